The molecule has 1 amide bonds. The number of carbonyl (C=O) groups is 2. The van der Waals surface area contributed by atoms with Crippen LogP contribution < -0.4 is 11.1 Å². The number of amidine groups is 1. The number of nitrogens with one attached hydrogen (secondary N) is 2. The molecule has 5 rings (SSSR count). The Balaban J connectivity index is 1.41. The SMILES string of the molecule is CCOC(=O)C1CN(S(=O)(=O)c2cc3cc(C(=N)N)ccc3s2)CCN1C(=O)c1nc2c(s1)CNC(C)C2. The van der Waals surface area contributed by atoms with Crippen LogP contribution in [-0.2, 0) is 32.5 Å². The Bertz CT molecular complexity index is 1530. The minimum absolute atomic E-state index is 0.0276. The molecule has 1 aromatic carbocycles. The third-order valence-electron chi connectivity index (χ3n) is 6.63. The topological polar surface area (TPSA) is 159 Å². The number of aromatic nitrogens is 1. The van der Waals surface area contributed by atoms with Crippen LogP contribution in [0.25, 0.3) is 10.1 Å². The molecule has 2 aromatic heterocycles. The van der Waals surface area contributed by atoms with Crippen LogP contribution >= 0.6 is 22.7 Å². The first-order valence-corrected chi connectivity index (χ1v) is 15.2. The van der Waals surface area contributed by atoms with Crippen LogP contribution in [-0.4, -0.2) is 78.6 Å². The average molecular weight is 577 g/mol. The molecule has 0 spiro atoms. The summed E-state index contributed by atoms with van der Waals surface area (Å²) in [5.41, 5.74) is 6.96. The lowest BCUT2D eigenvalue weighted by Crippen LogP contribution is -2.59. The monoisotopic (exact) mass is 576 g/mol. The van der Waals surface area contributed by atoms with Crippen LogP contribution in [0.2, 0.25) is 0 Å². The van der Waals surface area contributed by atoms with Crippen molar-refractivity contribution in [2.75, 3.05) is 26.2 Å². The summed E-state index contributed by atoms with van der Waals surface area (Å²) in [6, 6.07) is 5.80. The lowest BCUT2D eigenvalue weighted by Gasteiger charge is -2.38. The Hall–Kier alpha value is -2.91. The van der Waals surface area contributed by atoms with Crippen molar-refractivity contribution < 1.29 is 22.7 Å². The van der Waals surface area contributed by atoms with Crippen LogP contribution in [0.1, 0.15) is 39.8 Å². The molecule has 2 unspecified atom stereocenters. The first-order chi connectivity index (χ1) is 18.1. The summed E-state index contributed by atoms with van der Waals surface area (Å²) < 4.78 is 34.5. The molecule has 2 aliphatic rings. The number of rotatable bonds is 6. The molecule has 11 nitrogen and oxygen atoms in total. The number of esters is 1. The second kappa shape index (κ2) is 10.3. The van der Waals surface area contributed by atoms with Gasteiger partial charge in [-0.25, -0.2) is 18.2 Å². The molecule has 0 saturated carbocycles. The van der Waals surface area contributed by atoms with Gasteiger partial charge in [-0.1, -0.05) is 0 Å². The van der Waals surface area contributed by atoms with E-state index in [4.69, 9.17) is 15.9 Å². The molecule has 0 aliphatic carbocycles. The van der Waals surface area contributed by atoms with Crippen molar-refractivity contribution in [2.45, 2.75) is 43.1 Å². The Morgan fingerprint density at radius 1 is 1.26 bits per heavy atom. The second-order valence-electron chi connectivity index (χ2n) is 9.24. The van der Waals surface area contributed by atoms with Crippen molar-refractivity contribution in [3.63, 3.8) is 0 Å². The van der Waals surface area contributed by atoms with Crippen LogP contribution in [0.4, 0.5) is 0 Å². The predicted molar refractivity (Wildman–Crippen MR) is 145 cm³/mol. The highest BCUT2D eigenvalue weighted by atomic mass is 32.2. The first kappa shape index (κ1) is 26.7. The molecule has 0 bridgehead atoms. The van der Waals surface area contributed by atoms with Crippen molar-refractivity contribution in [2.24, 2.45) is 5.73 Å². The summed E-state index contributed by atoms with van der Waals surface area (Å²) in [4.78, 5) is 33.4. The first-order valence-electron chi connectivity index (χ1n) is 12.2. The quantitative estimate of drug-likeness (QED) is 0.227. The van der Waals surface area contributed by atoms with Gasteiger partial charge in [0.1, 0.15) is 16.1 Å². The van der Waals surface area contributed by atoms with Crippen LogP contribution in [0, 0.1) is 5.41 Å². The molecule has 3 aromatic rings. The fraction of sp³-hybridized carbons (Fsp3) is 0.417. The van der Waals surface area contributed by atoms with E-state index in [2.05, 4.69) is 17.2 Å². The van der Waals surface area contributed by atoms with Gasteiger partial charge in [-0.15, -0.1) is 22.7 Å². The number of sulfonamides is 1. The zero-order valence-electron chi connectivity index (χ0n) is 20.9. The van der Waals surface area contributed by atoms with Gasteiger partial charge in [0.25, 0.3) is 15.9 Å². The molecule has 2 aliphatic heterocycles. The Morgan fingerprint density at radius 3 is 2.79 bits per heavy atom. The van der Waals surface area contributed by atoms with Crippen molar-refractivity contribution in [1.82, 2.24) is 19.5 Å². The third-order valence-corrected chi connectivity index (χ3v) is 11.1. The number of amides is 1. The summed E-state index contributed by atoms with van der Waals surface area (Å²) in [5, 5.41) is 11.9. The number of thiophene rings is 1. The number of ether oxygens (including phenoxy) is 1. The van der Waals surface area contributed by atoms with Gasteiger partial charge in [0.2, 0.25) is 0 Å². The van der Waals surface area contributed by atoms with Crippen molar-refractivity contribution in [1.29, 1.82) is 5.41 Å². The molecular formula is C24H28N6O5S3. The van der Waals surface area contributed by atoms with E-state index in [1.807, 2.05) is 0 Å². The molecule has 202 valence electrons. The Labute approximate surface area is 228 Å². The number of hydrogen-bond acceptors (Lipinski definition) is 10. The lowest BCUT2D eigenvalue weighted by atomic mass is 10.1. The second-order valence-corrected chi connectivity index (χ2v) is 13.6. The van der Waals surface area contributed by atoms with Gasteiger partial charge in [-0.2, -0.15) is 4.31 Å². The number of thiazole rings is 1. The number of hydrogen-bond donors (Lipinski definition) is 3. The molecule has 1 fully saturated rings. The van der Waals surface area contributed by atoms with Gasteiger partial charge in [0.05, 0.1) is 12.3 Å². The fourth-order valence-corrected chi connectivity index (χ4v) is 8.59. The predicted octanol–water partition coefficient (Wildman–Crippen LogP) is 1.75. The minimum Gasteiger partial charge on any atom is -0.464 e. The molecule has 1 saturated heterocycles. The standard InChI is InChI=1S/C24H28N6O5S3/c1-3-35-24(32)17-12-29(38(33,34)20-10-15-9-14(21(25)26)4-5-18(15)36-20)6-7-30(17)23(31)22-28-16-8-13(2)27-11-19(16)37-22/h4-5,9-10,13,17,27H,3,6-8,11-12H2,1-2H3,(H3,25,26). The molecular weight excluding hydrogens is 549 g/mol. The smallest absolute Gasteiger partial charge is 0.330 e. The molecule has 14 heteroatoms. The van der Waals surface area contributed by atoms with E-state index in [1.54, 1.807) is 31.2 Å². The minimum atomic E-state index is -3.96. The van der Waals surface area contributed by atoms with E-state index in [0.29, 0.717) is 22.5 Å². The molecule has 38 heavy (non-hydrogen) atoms. The number of benzene rings is 1. The van der Waals surface area contributed by atoms with Crippen molar-refractivity contribution in [3.8, 4) is 0 Å². The number of nitrogen functional groups attached to an aromatic ring is 1. The maximum Gasteiger partial charge on any atom is 0.330 e. The van der Waals surface area contributed by atoms with Crippen molar-refractivity contribution >= 4 is 60.5 Å². The van der Waals surface area contributed by atoms with Gasteiger partial charge < -0.3 is 20.7 Å². The van der Waals surface area contributed by atoms with Crippen LogP contribution in [0.3, 0.4) is 0 Å². The normalized spacial score (nSPS) is 20.3. The summed E-state index contributed by atoms with van der Waals surface area (Å²) >= 11 is 2.41. The van der Waals surface area contributed by atoms with Crippen LogP contribution in [0.15, 0.2) is 28.5 Å². The van der Waals surface area contributed by atoms with E-state index in [9.17, 15) is 18.0 Å². The van der Waals surface area contributed by atoms with E-state index in [0.717, 1.165) is 33.0 Å². The molecule has 0 radical (unpaired) electrons. The van der Waals surface area contributed by atoms with E-state index in [-0.39, 0.29) is 42.3 Å². The summed E-state index contributed by atoms with van der Waals surface area (Å²) in [5.74, 6) is -1.15. The third kappa shape index (κ3) is 4.94. The average Bonchev–Trinajstić information content (AvgIpc) is 3.52. The zero-order valence-corrected chi connectivity index (χ0v) is 23.3. The highest BCUT2D eigenvalue weighted by Crippen LogP contribution is 2.33. The highest BCUT2D eigenvalue weighted by Gasteiger charge is 2.42. The number of nitrogens with two attached hydrogens (primary N) is 1. The van der Waals surface area contributed by atoms with Crippen LogP contribution in [0.5, 0.6) is 0 Å². The van der Waals surface area contributed by atoms with Gasteiger partial charge in [0, 0.05) is 53.8 Å². The van der Waals surface area contributed by atoms with E-state index < -0.39 is 27.9 Å². The number of nitrogens with zero attached hydrogens (tertiary/aromatic N) is 3. The maximum absolute atomic E-state index is 13.6. The largest absolute Gasteiger partial charge is 0.464 e. The zero-order chi connectivity index (χ0) is 27.2. The lowest BCUT2D eigenvalue weighted by molar-refractivity contribution is -0.149. The molecule has 4 heterocycles. The Morgan fingerprint density at radius 2 is 2.05 bits per heavy atom. The number of carbonyl (C=O) groups excluding carboxylic acids is 2. The van der Waals surface area contributed by atoms with Gasteiger partial charge >= 0.3 is 5.97 Å². The Kier molecular flexibility index (Phi) is 7.26. The highest BCUT2D eigenvalue weighted by molar-refractivity contribution is 7.91. The molecule has 2 atom stereocenters. The van der Waals surface area contributed by atoms with Gasteiger partial charge in [-0.3, -0.25) is 10.2 Å². The van der Waals surface area contributed by atoms with Gasteiger partial charge in [0.15, 0.2) is 5.01 Å². The van der Waals surface area contributed by atoms with E-state index in [1.165, 1.54) is 20.5 Å². The number of fused-ring (bicyclic) bond motifs is 2. The summed E-state index contributed by atoms with van der Waals surface area (Å²) in [7, 11) is -3.96. The maximum atomic E-state index is 13.6. The summed E-state index contributed by atoms with van der Waals surface area (Å²) in [6.07, 6.45) is 0.718. The molecule has 4 N–H and O–H groups in total. The summed E-state index contributed by atoms with van der Waals surface area (Å²) in [6.45, 7) is 4.30. The van der Waals surface area contributed by atoms with Crippen molar-refractivity contribution in [3.05, 3.63) is 45.4 Å². The van der Waals surface area contributed by atoms with E-state index >= 15 is 0 Å². The fourth-order valence-electron chi connectivity index (χ4n) is 4.62. The number of piperazine rings is 1. The van der Waals surface area contributed by atoms with Gasteiger partial charge in [-0.05, 0) is 43.5 Å².